The molecule has 150 valence electrons. The van der Waals surface area contributed by atoms with Crippen LogP contribution in [0.4, 0.5) is 16.3 Å². The molecule has 0 fully saturated rings. The monoisotopic (exact) mass is 418 g/mol. The minimum absolute atomic E-state index is 0.272. The molecular weight excluding hydrogens is 400 g/mol. The van der Waals surface area contributed by atoms with Gasteiger partial charge in [-0.05, 0) is 48.2 Å². The number of nitrogens with zero attached hydrogens (tertiary/aromatic N) is 3. The molecule has 1 aliphatic carbocycles. The molecule has 3 aromatic rings. The maximum absolute atomic E-state index is 13.0. The lowest BCUT2D eigenvalue weighted by Crippen LogP contribution is -2.44. The zero-order chi connectivity index (χ0) is 21.0. The number of allylic oxidation sites excluding steroid dienone is 1. The van der Waals surface area contributed by atoms with E-state index in [1.807, 2.05) is 30.3 Å². The summed E-state index contributed by atoms with van der Waals surface area (Å²) in [5, 5.41) is 3.39. The van der Waals surface area contributed by atoms with E-state index >= 15 is 0 Å². The highest BCUT2D eigenvalue weighted by Crippen LogP contribution is 2.44. The molecule has 30 heavy (non-hydrogen) atoms. The van der Waals surface area contributed by atoms with Gasteiger partial charge in [0.2, 0.25) is 0 Å². The molecule has 0 radical (unpaired) electrons. The van der Waals surface area contributed by atoms with E-state index in [0.717, 1.165) is 22.6 Å². The van der Waals surface area contributed by atoms with Crippen LogP contribution in [0, 0.1) is 5.41 Å². The number of aromatic nitrogens is 2. The highest BCUT2D eigenvalue weighted by atomic mass is 35.5. The summed E-state index contributed by atoms with van der Waals surface area (Å²) in [5.74, 6) is 0.305. The largest absolute Gasteiger partial charge is 0.354 e. The predicted molar refractivity (Wildman–Crippen MR) is 118 cm³/mol. The number of nitrogens with one attached hydrogen (secondary N) is 1. The summed E-state index contributed by atoms with van der Waals surface area (Å²) in [5.41, 5.74) is 3.08. The summed E-state index contributed by atoms with van der Waals surface area (Å²) in [6.45, 7) is 4.19. The van der Waals surface area contributed by atoms with Gasteiger partial charge in [0.25, 0.3) is 0 Å². The quantitative estimate of drug-likeness (QED) is 0.646. The summed E-state index contributed by atoms with van der Waals surface area (Å²) in [6.07, 6.45) is 2.71. The third-order valence-corrected chi connectivity index (χ3v) is 5.62. The van der Waals surface area contributed by atoms with Crippen LogP contribution in [0.25, 0.3) is 11.4 Å². The molecule has 1 aromatic heterocycles. The Morgan fingerprint density at radius 2 is 1.70 bits per heavy atom. The smallest absolute Gasteiger partial charge is 0.291 e. The number of halogens is 1. The summed E-state index contributed by atoms with van der Waals surface area (Å²) >= 11 is 6.04. The zero-order valence-electron chi connectivity index (χ0n) is 16.5. The summed E-state index contributed by atoms with van der Waals surface area (Å²) < 4.78 is 1.64. The van der Waals surface area contributed by atoms with E-state index in [9.17, 15) is 9.59 Å². The van der Waals surface area contributed by atoms with Gasteiger partial charge in [-0.1, -0.05) is 49.7 Å². The number of hydrogen-bond acceptors (Lipinski definition) is 3. The summed E-state index contributed by atoms with van der Waals surface area (Å²) in [6, 6.07) is 16.2. The van der Waals surface area contributed by atoms with Crippen LogP contribution < -0.4 is 15.9 Å². The molecule has 0 atom stereocenters. The van der Waals surface area contributed by atoms with Crippen molar-refractivity contribution in [3.63, 3.8) is 0 Å². The van der Waals surface area contributed by atoms with E-state index in [1.165, 1.54) is 0 Å². The number of carbonyl (C=O) groups excluding carboxylic acids is 1. The molecule has 2 heterocycles. The van der Waals surface area contributed by atoms with Crippen molar-refractivity contribution in [1.82, 2.24) is 9.55 Å². The first-order valence-electron chi connectivity index (χ1n) is 9.65. The number of hydrogen-bond donors (Lipinski definition) is 1. The fraction of sp³-hybridized carbons (Fsp3) is 0.174. The molecule has 0 bridgehead atoms. The number of urea groups is 1. The van der Waals surface area contributed by atoms with E-state index < -0.39 is 5.69 Å². The van der Waals surface area contributed by atoms with Gasteiger partial charge in [-0.2, -0.15) is 4.98 Å². The molecule has 2 aromatic carbocycles. The fourth-order valence-electron chi connectivity index (χ4n) is 4.15. The van der Waals surface area contributed by atoms with Crippen LogP contribution in [0.2, 0.25) is 5.02 Å². The Bertz CT molecular complexity index is 1260. The Hall–Kier alpha value is -3.38. The lowest BCUT2D eigenvalue weighted by atomic mass is 9.79. The van der Waals surface area contributed by atoms with Gasteiger partial charge in [0.05, 0.1) is 22.6 Å². The maximum atomic E-state index is 13.0. The van der Waals surface area contributed by atoms with Gasteiger partial charge in [0, 0.05) is 10.7 Å². The van der Waals surface area contributed by atoms with Gasteiger partial charge in [-0.3, -0.25) is 14.8 Å². The number of rotatable bonds is 2. The molecule has 0 saturated heterocycles. The van der Waals surface area contributed by atoms with Crippen LogP contribution in [0.15, 0.2) is 65.5 Å². The maximum Gasteiger partial charge on any atom is 0.354 e. The van der Waals surface area contributed by atoms with Crippen LogP contribution in [0.5, 0.6) is 0 Å². The number of carbonyl (C=O) groups is 1. The lowest BCUT2D eigenvalue weighted by molar-refractivity contribution is 0.258. The normalized spacial score (nSPS) is 16.6. The Balaban J connectivity index is 1.80. The van der Waals surface area contributed by atoms with E-state index in [0.29, 0.717) is 22.9 Å². The van der Waals surface area contributed by atoms with Crippen molar-refractivity contribution >= 4 is 34.8 Å². The number of para-hydroxylation sites is 1. The van der Waals surface area contributed by atoms with Crippen molar-refractivity contribution in [2.75, 3.05) is 10.2 Å². The standard InChI is InChI=1S/C23H19ClN4O2/c1-23(2)12-17-19-18(13-23)28(16-10-8-14(24)9-11-16)22(30)26-20(19)25-21(29)27(17)15-6-4-3-5-7-15/h3-11,13H,12H2,1-2H3,(H,25,26,29,30). The van der Waals surface area contributed by atoms with Crippen molar-refractivity contribution in [2.24, 2.45) is 5.41 Å². The first-order valence-corrected chi connectivity index (χ1v) is 10.0. The third-order valence-electron chi connectivity index (χ3n) is 5.37. The molecule has 7 heteroatoms. The van der Waals surface area contributed by atoms with Gasteiger partial charge < -0.3 is 0 Å². The molecular formula is C23H19ClN4O2. The average molecular weight is 419 g/mol. The van der Waals surface area contributed by atoms with Gasteiger partial charge >= 0.3 is 11.7 Å². The first-order chi connectivity index (χ1) is 14.3. The zero-order valence-corrected chi connectivity index (χ0v) is 17.3. The third kappa shape index (κ3) is 2.92. The van der Waals surface area contributed by atoms with Crippen LogP contribution in [0.1, 0.15) is 25.1 Å². The lowest BCUT2D eigenvalue weighted by Gasteiger charge is -2.39. The second kappa shape index (κ2) is 6.57. The van der Waals surface area contributed by atoms with E-state index in [1.54, 1.807) is 33.7 Å². The second-order valence-corrected chi connectivity index (χ2v) is 8.61. The molecule has 0 spiro atoms. The van der Waals surface area contributed by atoms with Gasteiger partial charge in [0.15, 0.2) is 5.82 Å². The minimum Gasteiger partial charge on any atom is -0.291 e. The van der Waals surface area contributed by atoms with Crippen LogP contribution in [0.3, 0.4) is 0 Å². The first kappa shape index (κ1) is 18.6. The molecule has 6 nitrogen and oxygen atoms in total. The Morgan fingerprint density at radius 3 is 2.40 bits per heavy atom. The van der Waals surface area contributed by atoms with E-state index in [-0.39, 0.29) is 11.4 Å². The second-order valence-electron chi connectivity index (χ2n) is 8.17. The highest BCUT2D eigenvalue weighted by Gasteiger charge is 2.39. The Labute approximate surface area is 178 Å². The molecule has 2 amide bonds. The SMILES string of the molecule is CC1(C)C=C2c3c(nc(=O)n(-c4ccccc4)c3C1)NC(=O)N2c1ccc(Cl)cc1. The van der Waals surface area contributed by atoms with Crippen molar-refractivity contribution in [1.29, 1.82) is 0 Å². The van der Waals surface area contributed by atoms with E-state index in [4.69, 9.17) is 11.6 Å². The van der Waals surface area contributed by atoms with E-state index in [2.05, 4.69) is 30.2 Å². The van der Waals surface area contributed by atoms with Crippen LogP contribution >= 0.6 is 11.6 Å². The molecule has 0 saturated carbocycles. The molecule has 5 rings (SSSR count). The van der Waals surface area contributed by atoms with Crippen molar-refractivity contribution < 1.29 is 4.79 Å². The Kier molecular flexibility index (Phi) is 4.08. The molecule has 1 N–H and O–H groups in total. The summed E-state index contributed by atoms with van der Waals surface area (Å²) in [4.78, 5) is 31.8. The number of benzene rings is 2. The molecule has 2 aliphatic rings. The van der Waals surface area contributed by atoms with Gasteiger partial charge in [0.1, 0.15) is 0 Å². The molecule has 1 aliphatic heterocycles. The van der Waals surface area contributed by atoms with Crippen molar-refractivity contribution in [2.45, 2.75) is 20.3 Å². The highest BCUT2D eigenvalue weighted by molar-refractivity contribution is 6.30. The van der Waals surface area contributed by atoms with Gasteiger partial charge in [-0.25, -0.2) is 9.59 Å². The average Bonchev–Trinajstić information content (AvgIpc) is 2.68. The van der Waals surface area contributed by atoms with Crippen molar-refractivity contribution in [3.05, 3.63) is 87.4 Å². The molecule has 0 unspecified atom stereocenters. The van der Waals surface area contributed by atoms with Gasteiger partial charge in [-0.15, -0.1) is 0 Å². The number of anilines is 2. The number of amides is 2. The Morgan fingerprint density at radius 1 is 1.00 bits per heavy atom. The van der Waals surface area contributed by atoms with Crippen LogP contribution in [-0.2, 0) is 6.42 Å². The topological polar surface area (TPSA) is 67.2 Å². The minimum atomic E-state index is -0.410. The predicted octanol–water partition coefficient (Wildman–Crippen LogP) is 4.86. The van der Waals surface area contributed by atoms with Crippen molar-refractivity contribution in [3.8, 4) is 5.69 Å². The summed E-state index contributed by atoms with van der Waals surface area (Å²) in [7, 11) is 0. The fourth-order valence-corrected chi connectivity index (χ4v) is 4.28. The van der Waals surface area contributed by atoms with Crippen LogP contribution in [-0.4, -0.2) is 15.6 Å².